The number of hydrogen-bond donors (Lipinski definition) is 2. The van der Waals surface area contributed by atoms with E-state index in [2.05, 4.69) is 10.3 Å². The number of hydrogen-bond acceptors (Lipinski definition) is 5. The van der Waals surface area contributed by atoms with Gasteiger partial charge in [0.05, 0.1) is 22.9 Å². The zero-order chi connectivity index (χ0) is 14.7. The molecule has 0 aliphatic carbocycles. The molecule has 0 aliphatic heterocycles. The second-order valence-electron chi connectivity index (χ2n) is 3.88. The molecule has 102 valence electrons. The van der Waals surface area contributed by atoms with Gasteiger partial charge in [0.15, 0.2) is 0 Å². The van der Waals surface area contributed by atoms with Gasteiger partial charge in [-0.15, -0.1) is 0 Å². The van der Waals surface area contributed by atoms with Gasteiger partial charge >= 0.3 is 0 Å². The first-order chi connectivity index (χ1) is 9.45. The van der Waals surface area contributed by atoms with Gasteiger partial charge in [-0.3, -0.25) is 14.9 Å². The topological polar surface area (TPSA) is 111 Å². The summed E-state index contributed by atoms with van der Waals surface area (Å²) in [7, 11) is 0. The molecule has 1 amide bonds. The average molecular weight is 276 g/mol. The second kappa shape index (κ2) is 5.31. The molecular formula is C12H9FN4O3. The van der Waals surface area contributed by atoms with Gasteiger partial charge in [0.2, 0.25) is 0 Å². The zero-order valence-corrected chi connectivity index (χ0v) is 10.0. The fourth-order valence-corrected chi connectivity index (χ4v) is 1.49. The van der Waals surface area contributed by atoms with E-state index in [1.165, 1.54) is 18.3 Å². The lowest BCUT2D eigenvalue weighted by molar-refractivity contribution is -0.385. The summed E-state index contributed by atoms with van der Waals surface area (Å²) < 4.78 is 13.2. The third-order valence-electron chi connectivity index (χ3n) is 2.40. The van der Waals surface area contributed by atoms with Crippen LogP contribution in [0.15, 0.2) is 36.5 Å². The van der Waals surface area contributed by atoms with Crippen molar-refractivity contribution in [3.05, 3.63) is 58.0 Å². The Balaban J connectivity index is 2.25. The molecule has 0 fully saturated rings. The number of pyridine rings is 1. The minimum absolute atomic E-state index is 0.159. The number of nitrogens with one attached hydrogen (secondary N) is 1. The maximum Gasteiger partial charge on any atom is 0.273 e. The maximum absolute atomic E-state index is 13.2. The van der Waals surface area contributed by atoms with Gasteiger partial charge in [-0.2, -0.15) is 0 Å². The van der Waals surface area contributed by atoms with E-state index in [9.17, 15) is 19.3 Å². The van der Waals surface area contributed by atoms with E-state index in [0.717, 1.165) is 18.2 Å². The van der Waals surface area contributed by atoms with Crippen molar-refractivity contribution in [1.82, 2.24) is 4.98 Å². The lowest BCUT2D eigenvalue weighted by Crippen LogP contribution is -2.12. The van der Waals surface area contributed by atoms with Crippen LogP contribution >= 0.6 is 0 Å². The number of nitro benzene ring substituents is 1. The number of carbonyl (C=O) groups is 1. The Morgan fingerprint density at radius 3 is 2.70 bits per heavy atom. The number of aromatic nitrogens is 1. The molecule has 7 nitrogen and oxygen atoms in total. The molecule has 0 saturated heterocycles. The molecule has 0 unspecified atom stereocenters. The molecule has 3 N–H and O–H groups in total. The number of amides is 1. The molecular weight excluding hydrogens is 267 g/mol. The number of carbonyl (C=O) groups excluding carboxylic acids is 1. The molecule has 0 spiro atoms. The fourth-order valence-electron chi connectivity index (χ4n) is 1.49. The van der Waals surface area contributed by atoms with Gasteiger partial charge in [-0.25, -0.2) is 9.37 Å². The van der Waals surface area contributed by atoms with Crippen molar-refractivity contribution in [2.24, 2.45) is 0 Å². The Morgan fingerprint density at radius 1 is 1.35 bits per heavy atom. The third kappa shape index (κ3) is 3.05. The van der Waals surface area contributed by atoms with Crippen molar-refractivity contribution in [1.29, 1.82) is 0 Å². The third-order valence-corrected chi connectivity index (χ3v) is 2.40. The highest BCUT2D eigenvalue weighted by Gasteiger charge is 2.14. The molecule has 1 aromatic heterocycles. The van der Waals surface area contributed by atoms with Gasteiger partial charge in [0.25, 0.3) is 11.6 Å². The molecule has 2 aromatic rings. The van der Waals surface area contributed by atoms with Crippen LogP contribution in [-0.2, 0) is 0 Å². The summed E-state index contributed by atoms with van der Waals surface area (Å²) in [5.41, 5.74) is 5.08. The van der Waals surface area contributed by atoms with Crippen molar-refractivity contribution in [2.45, 2.75) is 0 Å². The first kappa shape index (κ1) is 13.4. The monoisotopic (exact) mass is 276 g/mol. The Morgan fingerprint density at radius 2 is 2.10 bits per heavy atom. The number of rotatable bonds is 3. The molecule has 0 saturated carbocycles. The molecule has 0 radical (unpaired) electrons. The first-order valence-electron chi connectivity index (χ1n) is 5.43. The molecule has 8 heteroatoms. The van der Waals surface area contributed by atoms with E-state index in [4.69, 9.17) is 5.73 Å². The van der Waals surface area contributed by atoms with E-state index < -0.39 is 22.3 Å². The number of nitro groups is 1. The normalized spacial score (nSPS) is 10.1. The highest BCUT2D eigenvalue weighted by molar-refractivity contribution is 6.04. The first-order valence-corrected chi connectivity index (χ1v) is 5.43. The number of benzene rings is 1. The number of nitrogens with zero attached hydrogens (tertiary/aromatic N) is 2. The van der Waals surface area contributed by atoms with E-state index >= 15 is 0 Å². The van der Waals surface area contributed by atoms with E-state index in [1.54, 1.807) is 0 Å². The Labute approximate surface area is 112 Å². The summed E-state index contributed by atoms with van der Waals surface area (Å²) >= 11 is 0. The number of anilines is 2. The van der Waals surface area contributed by atoms with Gasteiger partial charge in [-0.05, 0) is 18.2 Å². The maximum atomic E-state index is 13.2. The second-order valence-corrected chi connectivity index (χ2v) is 3.88. The van der Waals surface area contributed by atoms with Crippen LogP contribution in [0.25, 0.3) is 0 Å². The van der Waals surface area contributed by atoms with Gasteiger partial charge in [0, 0.05) is 11.6 Å². The van der Waals surface area contributed by atoms with Crippen LogP contribution in [0.4, 0.5) is 21.6 Å². The van der Waals surface area contributed by atoms with Crippen LogP contribution in [0.3, 0.4) is 0 Å². The Bertz CT molecular complexity index is 673. The zero-order valence-electron chi connectivity index (χ0n) is 10.0. The van der Waals surface area contributed by atoms with Crippen molar-refractivity contribution >= 4 is 23.1 Å². The fraction of sp³-hybridized carbons (Fsp3) is 0. The number of nitrogens with two attached hydrogens (primary N) is 1. The summed E-state index contributed by atoms with van der Waals surface area (Å²) in [6, 6.07) is 5.62. The highest BCUT2D eigenvalue weighted by atomic mass is 19.1. The van der Waals surface area contributed by atoms with Crippen LogP contribution in [0.5, 0.6) is 0 Å². The van der Waals surface area contributed by atoms with Gasteiger partial charge in [-0.1, -0.05) is 0 Å². The molecule has 0 atom stereocenters. The van der Waals surface area contributed by atoms with Gasteiger partial charge in [0.1, 0.15) is 11.6 Å². The number of nitrogen functional groups attached to an aromatic ring is 1. The largest absolute Gasteiger partial charge is 0.384 e. The van der Waals surface area contributed by atoms with Gasteiger partial charge < -0.3 is 11.1 Å². The van der Waals surface area contributed by atoms with Crippen molar-refractivity contribution in [3.8, 4) is 0 Å². The summed E-state index contributed by atoms with van der Waals surface area (Å²) in [4.78, 5) is 25.5. The SMILES string of the molecule is Nc1ccc(NC(=O)c2cc(F)cc([N+](=O)[O-])c2)cn1. The van der Waals surface area contributed by atoms with Crippen molar-refractivity contribution in [3.63, 3.8) is 0 Å². The van der Waals surface area contributed by atoms with E-state index in [-0.39, 0.29) is 11.4 Å². The predicted octanol–water partition coefficient (Wildman–Crippen LogP) is 1.96. The summed E-state index contributed by atoms with van der Waals surface area (Å²) in [5.74, 6) is -1.26. The molecule has 1 aromatic carbocycles. The molecule has 2 rings (SSSR count). The van der Waals surface area contributed by atoms with Crippen LogP contribution < -0.4 is 11.1 Å². The molecule has 0 bridgehead atoms. The molecule has 0 aliphatic rings. The van der Waals surface area contributed by atoms with Crippen LogP contribution in [-0.4, -0.2) is 15.8 Å². The minimum atomic E-state index is -0.861. The lowest BCUT2D eigenvalue weighted by Gasteiger charge is -2.05. The number of non-ortho nitro benzene ring substituents is 1. The van der Waals surface area contributed by atoms with Crippen molar-refractivity contribution in [2.75, 3.05) is 11.1 Å². The number of halogens is 1. The van der Waals surface area contributed by atoms with Crippen molar-refractivity contribution < 1.29 is 14.1 Å². The van der Waals surface area contributed by atoms with E-state index in [0.29, 0.717) is 5.69 Å². The summed E-state index contributed by atoms with van der Waals surface area (Å²) in [6.07, 6.45) is 1.32. The standard InChI is InChI=1S/C12H9FN4O3/c13-8-3-7(4-10(5-8)17(19)20)12(18)16-9-1-2-11(14)15-6-9/h1-6H,(H2,14,15)(H,16,18). The van der Waals surface area contributed by atoms with E-state index in [1.807, 2.05) is 0 Å². The highest BCUT2D eigenvalue weighted by Crippen LogP contribution is 2.17. The molecule has 20 heavy (non-hydrogen) atoms. The smallest absolute Gasteiger partial charge is 0.273 e. The lowest BCUT2D eigenvalue weighted by atomic mass is 10.2. The summed E-state index contributed by atoms with van der Waals surface area (Å²) in [5, 5.41) is 13.0. The predicted molar refractivity (Wildman–Crippen MR) is 69.7 cm³/mol. The summed E-state index contributed by atoms with van der Waals surface area (Å²) in [6.45, 7) is 0. The minimum Gasteiger partial charge on any atom is -0.384 e. The average Bonchev–Trinajstić information content (AvgIpc) is 2.40. The van der Waals surface area contributed by atoms with Crippen LogP contribution in [0, 0.1) is 15.9 Å². The Hall–Kier alpha value is -3.03. The quantitative estimate of drug-likeness (QED) is 0.657. The molecule has 1 heterocycles. The Kier molecular flexibility index (Phi) is 3.56. The van der Waals surface area contributed by atoms with Crippen LogP contribution in [0.2, 0.25) is 0 Å². The van der Waals surface area contributed by atoms with Crippen LogP contribution in [0.1, 0.15) is 10.4 Å².